The van der Waals surface area contributed by atoms with Gasteiger partial charge in [-0.1, -0.05) is 0 Å². The first-order chi connectivity index (χ1) is 11.5. The number of hydrogen-bond acceptors (Lipinski definition) is 6. The van der Waals surface area contributed by atoms with Gasteiger partial charge in [0.05, 0.1) is 21.7 Å². The molecule has 0 aromatic heterocycles. The van der Waals surface area contributed by atoms with E-state index in [-0.39, 0.29) is 5.69 Å². The largest absolute Gasteiger partial charge is 0.632 e. The number of non-ortho nitro benzene ring substituents is 1. The van der Waals surface area contributed by atoms with Crippen LogP contribution in [0.25, 0.3) is 0 Å². The number of rotatable bonds is 6. The quantitative estimate of drug-likeness (QED) is 0.427. The normalized spacial score (nSPS) is 13.6. The van der Waals surface area contributed by atoms with E-state index in [1.54, 1.807) is 12.1 Å². The number of benzene rings is 1. The predicted octanol–water partition coefficient (Wildman–Crippen LogP) is 4.89. The Bertz CT molecular complexity index is 572. The zero-order valence-corrected chi connectivity index (χ0v) is 18.3. The van der Waals surface area contributed by atoms with Crippen molar-refractivity contribution in [1.29, 1.82) is 0 Å². The monoisotopic (exact) mass is 384 g/mol. The molecule has 7 nitrogen and oxygen atoms in total. The van der Waals surface area contributed by atoms with Gasteiger partial charge in [-0.05, 0) is 74.4 Å². The van der Waals surface area contributed by atoms with Crippen molar-refractivity contribution in [3.8, 4) is 0 Å². The van der Waals surface area contributed by atoms with E-state index in [0.717, 1.165) is 0 Å². The van der Waals surface area contributed by atoms with Gasteiger partial charge < -0.3 is 18.3 Å². The smallest absolute Gasteiger partial charge is 0.352 e. The lowest BCUT2D eigenvalue weighted by Crippen LogP contribution is -2.62. The average molecular weight is 385 g/mol. The maximum absolute atomic E-state index is 10.9. The van der Waals surface area contributed by atoms with Crippen molar-refractivity contribution in [3.63, 3.8) is 0 Å². The van der Waals surface area contributed by atoms with Gasteiger partial charge in [-0.25, -0.2) is 0 Å². The second-order valence-electron chi connectivity index (χ2n) is 9.13. The minimum absolute atomic E-state index is 0.0213. The molecular weight excluding hydrogens is 352 g/mol. The van der Waals surface area contributed by atoms with Crippen LogP contribution in [0.5, 0.6) is 0 Å². The van der Waals surface area contributed by atoms with Crippen LogP contribution < -0.4 is 4.98 Å². The van der Waals surface area contributed by atoms with E-state index in [4.69, 9.17) is 13.3 Å². The van der Waals surface area contributed by atoms with Gasteiger partial charge in [0.2, 0.25) is 0 Å². The Morgan fingerprint density at radius 2 is 1.15 bits per heavy atom. The number of hydrogen-bond donors (Lipinski definition) is 1. The van der Waals surface area contributed by atoms with Gasteiger partial charge in [0.15, 0.2) is 0 Å². The summed E-state index contributed by atoms with van der Waals surface area (Å²) >= 11 is 0. The minimum atomic E-state index is -3.41. The molecule has 0 aliphatic rings. The van der Waals surface area contributed by atoms with Crippen molar-refractivity contribution in [1.82, 2.24) is 0 Å². The molecule has 8 heteroatoms. The van der Waals surface area contributed by atoms with E-state index in [2.05, 4.69) is 4.98 Å². The Kier molecular flexibility index (Phi) is 6.62. The fourth-order valence-electron chi connectivity index (χ4n) is 2.19. The number of nitrogens with one attached hydrogen (secondary N) is 1. The molecule has 1 aromatic rings. The molecular formula is C18H32N2O5Si. The van der Waals surface area contributed by atoms with Crippen LogP contribution in [0.1, 0.15) is 62.3 Å². The highest BCUT2D eigenvalue weighted by atomic mass is 28.4. The van der Waals surface area contributed by atoms with Gasteiger partial charge in [-0.15, -0.1) is 0 Å². The highest BCUT2D eigenvalue weighted by molar-refractivity contribution is 6.64. The van der Waals surface area contributed by atoms with Crippen LogP contribution in [-0.2, 0) is 13.3 Å². The Hall–Kier alpha value is -1.48. The summed E-state index contributed by atoms with van der Waals surface area (Å²) in [4.78, 5) is 13.7. The summed E-state index contributed by atoms with van der Waals surface area (Å²) in [7, 11) is -3.41. The van der Waals surface area contributed by atoms with Crippen LogP contribution in [0.4, 0.5) is 11.4 Å². The van der Waals surface area contributed by atoms with Gasteiger partial charge >= 0.3 is 8.97 Å². The molecule has 1 aromatic carbocycles. The first-order valence-electron chi connectivity index (χ1n) is 8.63. The zero-order chi connectivity index (χ0) is 20.4. The lowest BCUT2D eigenvalue weighted by atomic mass is 10.2. The third-order valence-corrected chi connectivity index (χ3v) is 5.94. The third-order valence-electron chi connectivity index (χ3n) is 2.70. The molecule has 0 bridgehead atoms. The van der Waals surface area contributed by atoms with Gasteiger partial charge in [0.25, 0.3) is 5.69 Å². The molecule has 148 valence electrons. The van der Waals surface area contributed by atoms with Crippen LogP contribution in [0.2, 0.25) is 0 Å². The molecule has 0 heterocycles. The molecule has 0 amide bonds. The molecule has 0 aliphatic carbocycles. The molecule has 26 heavy (non-hydrogen) atoms. The predicted molar refractivity (Wildman–Crippen MR) is 105 cm³/mol. The fourth-order valence-corrected chi connectivity index (χ4v) is 5.41. The number of nitrogens with zero attached hydrogens (tertiary/aromatic N) is 1. The van der Waals surface area contributed by atoms with E-state index < -0.39 is 30.7 Å². The zero-order valence-electron chi connectivity index (χ0n) is 17.3. The SMILES string of the molecule is CC(C)(C)O[Si](Nc1ccc([N+](=O)[O-])cc1)(OC(C)(C)C)OC(C)(C)C. The molecule has 0 radical (unpaired) electrons. The van der Waals surface area contributed by atoms with Crippen LogP contribution in [0.3, 0.4) is 0 Å². The number of nitro groups is 1. The van der Waals surface area contributed by atoms with E-state index in [0.29, 0.717) is 5.69 Å². The van der Waals surface area contributed by atoms with E-state index in [9.17, 15) is 10.1 Å². The Labute approximate surface area is 157 Å². The molecule has 0 spiro atoms. The summed E-state index contributed by atoms with van der Waals surface area (Å²) < 4.78 is 18.9. The van der Waals surface area contributed by atoms with E-state index in [1.807, 2.05) is 62.3 Å². The van der Waals surface area contributed by atoms with Crippen molar-refractivity contribution in [2.45, 2.75) is 79.1 Å². The first-order valence-corrected chi connectivity index (χ1v) is 10.4. The van der Waals surface area contributed by atoms with Gasteiger partial charge in [-0.3, -0.25) is 10.1 Å². The van der Waals surface area contributed by atoms with Gasteiger partial charge in [-0.2, -0.15) is 0 Å². The third kappa shape index (κ3) is 8.26. The molecule has 0 fully saturated rings. The lowest BCUT2D eigenvalue weighted by Gasteiger charge is -2.42. The number of anilines is 1. The first kappa shape index (κ1) is 22.6. The molecule has 0 aliphatic heterocycles. The summed E-state index contributed by atoms with van der Waals surface area (Å²) in [5.74, 6) is 0. The van der Waals surface area contributed by atoms with Crippen LogP contribution in [0.15, 0.2) is 24.3 Å². The summed E-state index contributed by atoms with van der Waals surface area (Å²) in [6.45, 7) is 17.4. The maximum Gasteiger partial charge on any atom is 0.632 e. The molecule has 0 unspecified atom stereocenters. The van der Waals surface area contributed by atoms with Crippen molar-refractivity contribution in [2.24, 2.45) is 0 Å². The molecule has 0 saturated carbocycles. The lowest BCUT2D eigenvalue weighted by molar-refractivity contribution is -0.384. The van der Waals surface area contributed by atoms with E-state index in [1.165, 1.54) is 12.1 Å². The summed E-state index contributed by atoms with van der Waals surface area (Å²) in [5.41, 5.74) is -0.892. The summed E-state index contributed by atoms with van der Waals surface area (Å²) in [6.07, 6.45) is 0. The minimum Gasteiger partial charge on any atom is -0.352 e. The standard InChI is InChI=1S/C18H32N2O5Si/c1-16(2,3)23-26(24-17(4,5)6,25-18(7,8)9)19-14-10-12-15(13-11-14)20(21)22/h10-13,19H,1-9H3. The molecule has 1 N–H and O–H groups in total. The van der Waals surface area contributed by atoms with Crippen molar-refractivity contribution >= 4 is 20.3 Å². The summed E-state index contributed by atoms with van der Waals surface area (Å²) in [5, 5.41) is 10.9. The van der Waals surface area contributed by atoms with Crippen molar-refractivity contribution in [2.75, 3.05) is 4.98 Å². The van der Waals surface area contributed by atoms with Crippen LogP contribution in [0, 0.1) is 10.1 Å². The highest BCUT2D eigenvalue weighted by Crippen LogP contribution is 2.30. The van der Waals surface area contributed by atoms with Crippen molar-refractivity contribution in [3.05, 3.63) is 34.4 Å². The average Bonchev–Trinajstić information content (AvgIpc) is 2.31. The molecule has 0 atom stereocenters. The molecule has 0 saturated heterocycles. The highest BCUT2D eigenvalue weighted by Gasteiger charge is 2.52. The fraction of sp³-hybridized carbons (Fsp3) is 0.667. The van der Waals surface area contributed by atoms with Crippen molar-refractivity contribution < 1.29 is 18.2 Å². The second-order valence-corrected chi connectivity index (χ2v) is 11.1. The maximum atomic E-state index is 10.9. The summed E-state index contributed by atoms with van der Waals surface area (Å²) in [6, 6.07) is 6.13. The van der Waals surface area contributed by atoms with E-state index >= 15 is 0 Å². The van der Waals surface area contributed by atoms with Gasteiger partial charge in [0, 0.05) is 17.8 Å². The van der Waals surface area contributed by atoms with Gasteiger partial charge in [0.1, 0.15) is 0 Å². The Morgan fingerprint density at radius 3 is 1.42 bits per heavy atom. The second kappa shape index (κ2) is 7.64. The van der Waals surface area contributed by atoms with Crippen LogP contribution in [-0.4, -0.2) is 30.7 Å². The number of nitro benzene ring substituents is 1. The molecule has 1 rings (SSSR count). The van der Waals surface area contributed by atoms with Crippen LogP contribution >= 0.6 is 0 Å². The Balaban J connectivity index is 3.31. The topological polar surface area (TPSA) is 82.9 Å². The Morgan fingerprint density at radius 1 is 0.808 bits per heavy atom.